The molecule has 1 amide bonds. The number of halogens is 1. The van der Waals surface area contributed by atoms with Gasteiger partial charge in [0.15, 0.2) is 0 Å². The van der Waals surface area contributed by atoms with E-state index in [1.165, 1.54) is 11.3 Å². The largest absolute Gasteiger partial charge is 0.477 e. The van der Waals surface area contributed by atoms with E-state index in [1.807, 2.05) is 24.3 Å². The van der Waals surface area contributed by atoms with Crippen molar-refractivity contribution < 1.29 is 14.7 Å². The quantitative estimate of drug-likeness (QED) is 0.878. The standard InChI is InChI=1S/C16H14ClNO3S/c17-13-4-2-1-3-10(13)11-7-12(11)15(19)18-8-9-5-6-14(22-9)16(20)21/h1-6,11-12H,7-8H2,(H,18,19)(H,20,21). The van der Waals surface area contributed by atoms with Crippen molar-refractivity contribution in [1.29, 1.82) is 0 Å². The number of thiophene rings is 1. The fourth-order valence-electron chi connectivity index (χ4n) is 2.50. The maximum atomic E-state index is 12.1. The van der Waals surface area contributed by atoms with Crippen LogP contribution in [-0.4, -0.2) is 17.0 Å². The molecule has 0 spiro atoms. The first kappa shape index (κ1) is 15.1. The van der Waals surface area contributed by atoms with Crippen LogP contribution in [0.2, 0.25) is 5.02 Å². The highest BCUT2D eigenvalue weighted by Crippen LogP contribution is 2.49. The highest BCUT2D eigenvalue weighted by atomic mass is 35.5. The molecule has 0 bridgehead atoms. The van der Waals surface area contributed by atoms with E-state index >= 15 is 0 Å². The van der Waals surface area contributed by atoms with Crippen LogP contribution in [-0.2, 0) is 11.3 Å². The summed E-state index contributed by atoms with van der Waals surface area (Å²) in [6.07, 6.45) is 0.806. The van der Waals surface area contributed by atoms with Crippen molar-refractivity contribution in [3.63, 3.8) is 0 Å². The van der Waals surface area contributed by atoms with E-state index < -0.39 is 5.97 Å². The molecule has 2 aromatic rings. The maximum Gasteiger partial charge on any atom is 0.345 e. The highest BCUT2D eigenvalue weighted by molar-refractivity contribution is 7.13. The maximum absolute atomic E-state index is 12.1. The van der Waals surface area contributed by atoms with Gasteiger partial charge in [0.1, 0.15) is 4.88 Å². The highest BCUT2D eigenvalue weighted by Gasteiger charge is 2.44. The predicted molar refractivity (Wildman–Crippen MR) is 85.4 cm³/mol. The minimum absolute atomic E-state index is 0.00445. The first-order chi connectivity index (χ1) is 10.6. The number of nitrogens with one attached hydrogen (secondary N) is 1. The molecule has 0 saturated heterocycles. The predicted octanol–water partition coefficient (Wildman–Crippen LogP) is 3.52. The molecule has 1 aromatic carbocycles. The molecule has 1 saturated carbocycles. The SMILES string of the molecule is O=C(O)c1ccc(CNC(=O)C2CC2c2ccccc2Cl)s1. The fraction of sp³-hybridized carbons (Fsp3) is 0.250. The van der Waals surface area contributed by atoms with Crippen molar-refractivity contribution in [2.75, 3.05) is 0 Å². The summed E-state index contributed by atoms with van der Waals surface area (Å²) < 4.78 is 0. The topological polar surface area (TPSA) is 66.4 Å². The minimum atomic E-state index is -0.941. The van der Waals surface area contributed by atoms with Crippen molar-refractivity contribution in [2.24, 2.45) is 5.92 Å². The summed E-state index contributed by atoms with van der Waals surface area (Å²) in [7, 11) is 0. The summed E-state index contributed by atoms with van der Waals surface area (Å²) in [5, 5.41) is 12.4. The van der Waals surface area contributed by atoms with Crippen molar-refractivity contribution >= 4 is 34.8 Å². The van der Waals surface area contributed by atoms with Gasteiger partial charge < -0.3 is 10.4 Å². The number of hydrogen-bond acceptors (Lipinski definition) is 3. The number of rotatable bonds is 5. The number of benzene rings is 1. The number of carboxylic acid groups (broad SMARTS) is 1. The summed E-state index contributed by atoms with van der Waals surface area (Å²) in [5.74, 6) is -0.802. The number of carbonyl (C=O) groups is 2. The number of carbonyl (C=O) groups excluding carboxylic acids is 1. The van der Waals surface area contributed by atoms with E-state index in [0.29, 0.717) is 11.6 Å². The Morgan fingerprint density at radius 2 is 2.05 bits per heavy atom. The van der Waals surface area contributed by atoms with Crippen LogP contribution in [0.25, 0.3) is 0 Å². The molecule has 1 fully saturated rings. The Balaban J connectivity index is 1.55. The van der Waals surface area contributed by atoms with E-state index in [2.05, 4.69) is 5.32 Å². The monoisotopic (exact) mass is 335 g/mol. The molecule has 1 aromatic heterocycles. The molecule has 2 atom stereocenters. The van der Waals surface area contributed by atoms with E-state index in [9.17, 15) is 9.59 Å². The lowest BCUT2D eigenvalue weighted by atomic mass is 10.1. The summed E-state index contributed by atoms with van der Waals surface area (Å²) in [5.41, 5.74) is 1.02. The normalized spacial score (nSPS) is 19.7. The van der Waals surface area contributed by atoms with Gasteiger partial charge in [-0.15, -0.1) is 11.3 Å². The van der Waals surface area contributed by atoms with Gasteiger partial charge in [-0.05, 0) is 36.1 Å². The summed E-state index contributed by atoms with van der Waals surface area (Å²) >= 11 is 7.33. The Kier molecular flexibility index (Phi) is 4.18. The third kappa shape index (κ3) is 3.15. The lowest BCUT2D eigenvalue weighted by Gasteiger charge is -2.05. The Hall–Kier alpha value is -1.85. The molecule has 0 radical (unpaired) electrons. The van der Waals surface area contributed by atoms with Gasteiger partial charge in [0, 0.05) is 15.8 Å². The van der Waals surface area contributed by atoms with E-state index in [-0.39, 0.29) is 22.6 Å². The molecule has 2 unspecified atom stereocenters. The molecular weight excluding hydrogens is 322 g/mol. The Morgan fingerprint density at radius 1 is 1.27 bits per heavy atom. The summed E-state index contributed by atoms with van der Waals surface area (Å²) in [6.45, 7) is 0.364. The van der Waals surface area contributed by atoms with Crippen LogP contribution in [0.5, 0.6) is 0 Å². The first-order valence-electron chi connectivity index (χ1n) is 6.90. The number of hydrogen-bond donors (Lipinski definition) is 2. The van der Waals surface area contributed by atoms with Crippen LogP contribution < -0.4 is 5.32 Å². The van der Waals surface area contributed by atoms with Crippen LogP contribution >= 0.6 is 22.9 Å². The van der Waals surface area contributed by atoms with Gasteiger partial charge in [0.25, 0.3) is 0 Å². The second-order valence-electron chi connectivity index (χ2n) is 5.26. The lowest BCUT2D eigenvalue weighted by molar-refractivity contribution is -0.122. The van der Waals surface area contributed by atoms with E-state index in [1.54, 1.807) is 12.1 Å². The second kappa shape index (κ2) is 6.10. The van der Waals surface area contributed by atoms with Crippen molar-refractivity contribution in [2.45, 2.75) is 18.9 Å². The third-order valence-corrected chi connectivity index (χ3v) is 5.16. The number of amides is 1. The molecule has 1 aliphatic rings. The average Bonchev–Trinajstić information content (AvgIpc) is 3.14. The molecular formula is C16H14ClNO3S. The van der Waals surface area contributed by atoms with Crippen molar-refractivity contribution in [3.05, 3.63) is 56.7 Å². The van der Waals surface area contributed by atoms with Gasteiger partial charge in [-0.3, -0.25) is 4.79 Å². The first-order valence-corrected chi connectivity index (χ1v) is 8.10. The zero-order chi connectivity index (χ0) is 15.7. The Morgan fingerprint density at radius 3 is 2.73 bits per heavy atom. The molecule has 1 heterocycles. The van der Waals surface area contributed by atoms with Gasteiger partial charge in [-0.2, -0.15) is 0 Å². The van der Waals surface area contributed by atoms with Gasteiger partial charge in [-0.25, -0.2) is 4.79 Å². The van der Waals surface area contributed by atoms with Crippen molar-refractivity contribution in [1.82, 2.24) is 5.32 Å². The molecule has 1 aliphatic carbocycles. The van der Waals surface area contributed by atoms with E-state index in [0.717, 1.165) is 16.9 Å². The minimum Gasteiger partial charge on any atom is -0.477 e. The molecule has 22 heavy (non-hydrogen) atoms. The zero-order valence-electron chi connectivity index (χ0n) is 11.6. The molecule has 4 nitrogen and oxygen atoms in total. The molecule has 0 aliphatic heterocycles. The molecule has 3 rings (SSSR count). The molecule has 114 valence electrons. The van der Waals surface area contributed by atoms with Crippen LogP contribution in [0.4, 0.5) is 0 Å². The fourth-order valence-corrected chi connectivity index (χ4v) is 3.56. The lowest BCUT2D eigenvalue weighted by Crippen LogP contribution is -2.24. The van der Waals surface area contributed by atoms with Crippen LogP contribution in [0.3, 0.4) is 0 Å². The second-order valence-corrected chi connectivity index (χ2v) is 6.83. The Bertz CT molecular complexity index is 728. The van der Waals surface area contributed by atoms with Gasteiger partial charge >= 0.3 is 5.97 Å². The van der Waals surface area contributed by atoms with Crippen LogP contribution in [0.15, 0.2) is 36.4 Å². The van der Waals surface area contributed by atoms with Crippen LogP contribution in [0, 0.1) is 5.92 Å². The number of aromatic carboxylic acids is 1. The summed E-state index contributed by atoms with van der Waals surface area (Å²) in [4.78, 5) is 24.1. The summed E-state index contributed by atoms with van der Waals surface area (Å²) in [6, 6.07) is 10.9. The zero-order valence-corrected chi connectivity index (χ0v) is 13.2. The van der Waals surface area contributed by atoms with E-state index in [4.69, 9.17) is 16.7 Å². The molecule has 6 heteroatoms. The Labute approximate surface area is 136 Å². The third-order valence-electron chi connectivity index (χ3n) is 3.74. The van der Waals surface area contributed by atoms with Gasteiger partial charge in [-0.1, -0.05) is 29.8 Å². The van der Waals surface area contributed by atoms with Gasteiger partial charge in [0.2, 0.25) is 5.91 Å². The van der Waals surface area contributed by atoms with Gasteiger partial charge in [0.05, 0.1) is 6.54 Å². The molecule has 2 N–H and O–H groups in total. The number of carboxylic acids is 1. The van der Waals surface area contributed by atoms with Crippen molar-refractivity contribution in [3.8, 4) is 0 Å². The van der Waals surface area contributed by atoms with Crippen LogP contribution in [0.1, 0.15) is 32.5 Å². The smallest absolute Gasteiger partial charge is 0.345 e. The average molecular weight is 336 g/mol.